The van der Waals surface area contributed by atoms with Crippen molar-refractivity contribution in [1.29, 1.82) is 0 Å². The Kier molecular flexibility index (Phi) is 6.43. The Hall–Kier alpha value is -3.45. The van der Waals surface area contributed by atoms with Crippen LogP contribution in [0.25, 0.3) is 10.9 Å². The number of carbonyl (C=O) groups is 1. The summed E-state index contributed by atoms with van der Waals surface area (Å²) in [6.45, 7) is 0.443. The van der Waals surface area contributed by atoms with Crippen molar-refractivity contribution in [1.82, 2.24) is 10.3 Å². The van der Waals surface area contributed by atoms with Gasteiger partial charge < -0.3 is 10.3 Å². The molecule has 7 heteroatoms. The van der Waals surface area contributed by atoms with Crippen LogP contribution in [0.2, 0.25) is 0 Å². The van der Waals surface area contributed by atoms with Gasteiger partial charge in [0.2, 0.25) is 5.96 Å². The van der Waals surface area contributed by atoms with Crippen LogP contribution in [0.15, 0.2) is 88.5 Å². The number of halogens is 2. The Labute approximate surface area is 187 Å². The molecule has 0 aliphatic carbocycles. The number of rotatable bonds is 5. The molecule has 3 N–H and O–H groups in total. The number of aromatic nitrogens is 1. The lowest BCUT2D eigenvalue weighted by Gasteiger charge is -2.12. The van der Waals surface area contributed by atoms with Gasteiger partial charge >= 0.3 is 0 Å². The van der Waals surface area contributed by atoms with Crippen molar-refractivity contribution in [2.75, 3.05) is 11.9 Å². The number of fused-ring (bicyclic) bond motifs is 1. The van der Waals surface area contributed by atoms with Crippen LogP contribution in [0.5, 0.6) is 0 Å². The number of guanidine groups is 1. The summed E-state index contributed by atoms with van der Waals surface area (Å²) in [6, 6.07) is 21.2. The lowest BCUT2D eigenvalue weighted by molar-refractivity contribution is 0.0977. The van der Waals surface area contributed by atoms with Crippen molar-refractivity contribution in [3.8, 4) is 0 Å². The average molecular weight is 479 g/mol. The minimum atomic E-state index is -0.374. The van der Waals surface area contributed by atoms with Gasteiger partial charge in [-0.05, 0) is 54.4 Å². The molecule has 0 aliphatic heterocycles. The molecule has 0 spiro atoms. The van der Waals surface area contributed by atoms with Crippen molar-refractivity contribution in [2.45, 2.75) is 6.42 Å². The van der Waals surface area contributed by atoms with Gasteiger partial charge in [-0.15, -0.1) is 0 Å². The van der Waals surface area contributed by atoms with Crippen molar-refractivity contribution >= 4 is 44.4 Å². The normalized spacial score (nSPS) is 11.5. The molecular weight excluding hydrogens is 459 g/mol. The first-order valence-electron chi connectivity index (χ1n) is 9.77. The van der Waals surface area contributed by atoms with Crippen LogP contribution in [0.3, 0.4) is 0 Å². The van der Waals surface area contributed by atoms with Crippen LogP contribution in [0.1, 0.15) is 15.9 Å². The van der Waals surface area contributed by atoms with Crippen LogP contribution in [-0.2, 0) is 6.42 Å². The van der Waals surface area contributed by atoms with E-state index in [2.05, 4.69) is 42.6 Å². The van der Waals surface area contributed by atoms with Gasteiger partial charge in [-0.25, -0.2) is 4.39 Å². The molecule has 0 unspecified atom stereocenters. The largest absolute Gasteiger partial charge is 0.361 e. The summed E-state index contributed by atoms with van der Waals surface area (Å²) in [7, 11) is 0. The van der Waals surface area contributed by atoms with E-state index >= 15 is 0 Å². The van der Waals surface area contributed by atoms with E-state index < -0.39 is 0 Å². The molecule has 0 saturated heterocycles. The number of H-pyrrole nitrogens is 1. The fourth-order valence-electron chi connectivity index (χ4n) is 3.25. The number of anilines is 1. The number of hydrogen-bond acceptors (Lipinski definition) is 2. The number of hydrogen-bond donors (Lipinski definition) is 3. The van der Waals surface area contributed by atoms with Crippen LogP contribution >= 0.6 is 15.9 Å². The summed E-state index contributed by atoms with van der Waals surface area (Å²) in [5.74, 6) is -0.423. The third-order valence-electron chi connectivity index (χ3n) is 4.73. The van der Waals surface area contributed by atoms with Crippen molar-refractivity contribution in [3.63, 3.8) is 0 Å². The number of nitrogens with one attached hydrogen (secondary N) is 3. The highest BCUT2D eigenvalue weighted by atomic mass is 79.9. The number of aromatic amines is 1. The standard InChI is InChI=1S/C24H20BrFN4O/c25-18-6-3-5-16(13-18)23(31)30-24(29-20-8-4-7-19(26)14-20)27-12-11-17-15-28-22-10-2-1-9-21(17)22/h1-10,13-15,28H,11-12H2,(H2,27,29,30,31). The Morgan fingerprint density at radius 2 is 1.87 bits per heavy atom. The highest BCUT2D eigenvalue weighted by Gasteiger charge is 2.10. The first-order chi connectivity index (χ1) is 15.1. The summed E-state index contributed by atoms with van der Waals surface area (Å²) < 4.78 is 14.4. The lowest BCUT2D eigenvalue weighted by Crippen LogP contribution is -2.36. The topological polar surface area (TPSA) is 69.3 Å². The summed E-state index contributed by atoms with van der Waals surface area (Å²) in [5.41, 5.74) is 3.20. The number of nitrogens with zero attached hydrogens (tertiary/aromatic N) is 1. The maximum Gasteiger partial charge on any atom is 0.257 e. The monoisotopic (exact) mass is 478 g/mol. The Bertz CT molecular complexity index is 1250. The molecule has 0 fully saturated rings. The van der Waals surface area contributed by atoms with E-state index in [1.807, 2.05) is 30.5 Å². The number of aliphatic imine (C=N–C) groups is 1. The predicted molar refractivity (Wildman–Crippen MR) is 126 cm³/mol. The fraction of sp³-hybridized carbons (Fsp3) is 0.0833. The predicted octanol–water partition coefficient (Wildman–Crippen LogP) is 5.51. The second kappa shape index (κ2) is 9.57. The molecule has 1 heterocycles. The number of benzene rings is 3. The highest BCUT2D eigenvalue weighted by molar-refractivity contribution is 9.10. The summed E-state index contributed by atoms with van der Waals surface area (Å²) in [4.78, 5) is 20.5. The van der Waals surface area contributed by atoms with Gasteiger partial charge in [0.15, 0.2) is 0 Å². The smallest absolute Gasteiger partial charge is 0.257 e. The van der Waals surface area contributed by atoms with E-state index in [4.69, 9.17) is 0 Å². The van der Waals surface area contributed by atoms with Crippen molar-refractivity contribution < 1.29 is 9.18 Å². The maximum atomic E-state index is 13.6. The van der Waals surface area contributed by atoms with Crippen LogP contribution < -0.4 is 10.6 Å². The van der Waals surface area contributed by atoms with Gasteiger partial charge in [-0.2, -0.15) is 0 Å². The Balaban J connectivity index is 1.52. The zero-order chi connectivity index (χ0) is 21.6. The zero-order valence-electron chi connectivity index (χ0n) is 16.5. The molecule has 0 aliphatic rings. The molecule has 5 nitrogen and oxygen atoms in total. The summed E-state index contributed by atoms with van der Waals surface area (Å²) in [5, 5.41) is 6.95. The van der Waals surface area contributed by atoms with Gasteiger partial charge in [-0.3, -0.25) is 15.1 Å². The third kappa shape index (κ3) is 5.38. The summed E-state index contributed by atoms with van der Waals surface area (Å²) in [6.07, 6.45) is 2.66. The minimum Gasteiger partial charge on any atom is -0.361 e. The first kappa shape index (κ1) is 20.8. The number of carbonyl (C=O) groups excluding carboxylic acids is 1. The second-order valence-corrected chi connectivity index (χ2v) is 7.86. The molecule has 0 atom stereocenters. The second-order valence-electron chi connectivity index (χ2n) is 6.94. The third-order valence-corrected chi connectivity index (χ3v) is 5.23. The van der Waals surface area contributed by atoms with Gasteiger partial charge in [-0.1, -0.05) is 46.3 Å². The molecule has 0 bridgehead atoms. The Morgan fingerprint density at radius 3 is 2.71 bits per heavy atom. The maximum absolute atomic E-state index is 13.6. The molecule has 31 heavy (non-hydrogen) atoms. The Morgan fingerprint density at radius 1 is 1.03 bits per heavy atom. The molecule has 4 aromatic rings. The zero-order valence-corrected chi connectivity index (χ0v) is 18.1. The van der Waals surface area contributed by atoms with E-state index in [0.29, 0.717) is 24.2 Å². The lowest BCUT2D eigenvalue weighted by atomic mass is 10.1. The molecule has 0 radical (unpaired) electrons. The quantitative estimate of drug-likeness (QED) is 0.261. The van der Waals surface area contributed by atoms with Gasteiger partial charge in [0, 0.05) is 39.4 Å². The summed E-state index contributed by atoms with van der Waals surface area (Å²) >= 11 is 3.37. The average Bonchev–Trinajstić information content (AvgIpc) is 3.17. The van der Waals surface area contributed by atoms with E-state index in [-0.39, 0.29) is 17.7 Å². The minimum absolute atomic E-state index is 0.260. The van der Waals surface area contributed by atoms with Gasteiger partial charge in [0.1, 0.15) is 5.82 Å². The highest BCUT2D eigenvalue weighted by Crippen LogP contribution is 2.18. The number of amides is 1. The van der Waals surface area contributed by atoms with Crippen molar-refractivity contribution in [2.24, 2.45) is 4.99 Å². The van der Waals surface area contributed by atoms with Crippen LogP contribution in [-0.4, -0.2) is 23.4 Å². The van der Waals surface area contributed by atoms with Gasteiger partial charge in [0.25, 0.3) is 5.91 Å². The molecule has 1 aromatic heterocycles. The molecule has 0 saturated carbocycles. The van der Waals surface area contributed by atoms with Crippen LogP contribution in [0.4, 0.5) is 10.1 Å². The fourth-order valence-corrected chi connectivity index (χ4v) is 3.65. The van der Waals surface area contributed by atoms with Gasteiger partial charge in [0.05, 0.1) is 0 Å². The van der Waals surface area contributed by atoms with E-state index in [9.17, 15) is 9.18 Å². The molecule has 156 valence electrons. The molecule has 3 aromatic carbocycles. The molecule has 1 amide bonds. The van der Waals surface area contributed by atoms with E-state index in [0.717, 1.165) is 20.9 Å². The van der Waals surface area contributed by atoms with Crippen LogP contribution in [0, 0.1) is 5.82 Å². The number of para-hydroxylation sites is 1. The molecule has 4 rings (SSSR count). The van der Waals surface area contributed by atoms with Crippen molar-refractivity contribution in [3.05, 3.63) is 100 Å². The molecular formula is C24H20BrFN4O. The van der Waals surface area contributed by atoms with E-state index in [1.54, 1.807) is 30.3 Å². The SMILES string of the molecule is O=C(NC(=NCCc1c[nH]c2ccccc12)Nc1cccc(F)c1)c1cccc(Br)c1. The first-order valence-corrected chi connectivity index (χ1v) is 10.6. The van der Waals surface area contributed by atoms with E-state index in [1.165, 1.54) is 12.1 Å².